The van der Waals surface area contributed by atoms with Gasteiger partial charge in [-0.05, 0) is 35.9 Å². The third-order valence-electron chi connectivity index (χ3n) is 4.36. The van der Waals surface area contributed by atoms with Crippen molar-refractivity contribution in [1.82, 2.24) is 5.43 Å². The molecule has 0 unspecified atom stereocenters. The number of rotatable bonds is 7. The minimum Gasteiger partial charge on any atom is -0.456 e. The Labute approximate surface area is 166 Å². The molecule has 1 fully saturated rings. The van der Waals surface area contributed by atoms with Crippen LogP contribution in [0.2, 0.25) is 5.02 Å². The van der Waals surface area contributed by atoms with Crippen LogP contribution in [0.1, 0.15) is 18.4 Å². The van der Waals surface area contributed by atoms with E-state index in [0.29, 0.717) is 18.0 Å². The molecule has 146 valence electrons. The van der Waals surface area contributed by atoms with Crippen molar-refractivity contribution in [2.75, 3.05) is 19.6 Å². The molecule has 8 nitrogen and oxygen atoms in total. The predicted octanol–water partition coefficient (Wildman–Crippen LogP) is 2.17. The van der Waals surface area contributed by atoms with Crippen LogP contribution < -0.4 is 15.1 Å². The number of carbonyl (C=O) groups is 1. The number of carbonyl (C=O) groups excluding carboxylic acids is 1. The van der Waals surface area contributed by atoms with Crippen LogP contribution >= 0.6 is 11.6 Å². The second-order valence-corrected chi connectivity index (χ2v) is 6.88. The van der Waals surface area contributed by atoms with Crippen LogP contribution in [0.5, 0.6) is 11.5 Å². The zero-order chi connectivity index (χ0) is 19.9. The fourth-order valence-electron chi connectivity index (χ4n) is 2.93. The number of amides is 1. The van der Waals surface area contributed by atoms with Crippen LogP contribution in [0.15, 0.2) is 47.6 Å². The highest BCUT2D eigenvalue weighted by Crippen LogP contribution is 2.32. The maximum atomic E-state index is 11.8. The zero-order valence-corrected chi connectivity index (χ0v) is 15.8. The van der Waals surface area contributed by atoms with Gasteiger partial charge in [0.2, 0.25) is 0 Å². The first-order chi connectivity index (χ1) is 13.5. The number of nitrogens with one attached hydrogen (secondary N) is 2. The smallest absolute Gasteiger partial charge is 0.295 e. The van der Waals surface area contributed by atoms with Gasteiger partial charge in [0.15, 0.2) is 6.54 Å². The summed E-state index contributed by atoms with van der Waals surface area (Å²) >= 11 is 6.02. The number of nitrogens with zero attached hydrogens (tertiary/aromatic N) is 2. The van der Waals surface area contributed by atoms with Gasteiger partial charge in [-0.1, -0.05) is 11.6 Å². The van der Waals surface area contributed by atoms with Crippen LogP contribution in [-0.2, 0) is 4.79 Å². The van der Waals surface area contributed by atoms with Gasteiger partial charge in [-0.3, -0.25) is 14.9 Å². The van der Waals surface area contributed by atoms with E-state index in [4.69, 9.17) is 16.3 Å². The summed E-state index contributed by atoms with van der Waals surface area (Å²) in [6, 6.07) is 11.0. The number of likely N-dealkylation sites (tertiary alicyclic amines) is 1. The topological polar surface area (TPSA) is 98.3 Å². The summed E-state index contributed by atoms with van der Waals surface area (Å²) in [7, 11) is 0. The fourth-order valence-corrected chi connectivity index (χ4v) is 3.15. The van der Waals surface area contributed by atoms with E-state index in [2.05, 4.69) is 10.5 Å². The Balaban J connectivity index is 1.53. The molecule has 1 aliphatic heterocycles. The molecule has 1 saturated heterocycles. The molecule has 0 atom stereocenters. The van der Waals surface area contributed by atoms with Crippen LogP contribution in [0.25, 0.3) is 0 Å². The lowest BCUT2D eigenvalue weighted by Crippen LogP contribution is -3.11. The molecule has 0 spiro atoms. The molecule has 1 heterocycles. The lowest BCUT2D eigenvalue weighted by Gasteiger charge is -2.09. The molecule has 0 radical (unpaired) electrons. The standard InChI is InChI=1S/C19H19ClN4O4/c20-17-11-15(24(26)27)5-8-18(17)28-16-6-3-14(4-7-16)12-21-22-19(25)13-23-9-1-2-10-23/h3-8,11-12H,1-2,9-10,13H2,(H,22,25)/p+1/b21-12-. The van der Waals surface area contributed by atoms with Gasteiger partial charge < -0.3 is 9.64 Å². The van der Waals surface area contributed by atoms with E-state index >= 15 is 0 Å². The Bertz CT molecular complexity index is 880. The number of hydrogen-bond acceptors (Lipinski definition) is 5. The second kappa shape index (κ2) is 9.29. The molecule has 0 aromatic heterocycles. The first kappa shape index (κ1) is 19.8. The molecular weight excluding hydrogens is 384 g/mol. The Hall–Kier alpha value is -2.97. The minimum atomic E-state index is -0.519. The molecule has 2 aromatic rings. The van der Waals surface area contributed by atoms with E-state index in [1.165, 1.54) is 35.9 Å². The quantitative estimate of drug-likeness (QED) is 0.420. The molecule has 2 aromatic carbocycles. The van der Waals surface area contributed by atoms with E-state index in [9.17, 15) is 14.9 Å². The highest BCUT2D eigenvalue weighted by molar-refractivity contribution is 6.32. The Morgan fingerprint density at radius 3 is 2.61 bits per heavy atom. The molecule has 0 saturated carbocycles. The summed E-state index contributed by atoms with van der Waals surface area (Å²) < 4.78 is 5.64. The molecule has 9 heteroatoms. The first-order valence-electron chi connectivity index (χ1n) is 8.88. The van der Waals surface area contributed by atoms with Gasteiger partial charge in [-0.15, -0.1) is 0 Å². The summed E-state index contributed by atoms with van der Waals surface area (Å²) in [5.74, 6) is 0.751. The normalized spacial score (nSPS) is 14.3. The third kappa shape index (κ3) is 5.51. The predicted molar refractivity (Wildman–Crippen MR) is 105 cm³/mol. The summed E-state index contributed by atoms with van der Waals surface area (Å²) in [6.07, 6.45) is 3.90. The molecule has 2 N–H and O–H groups in total. The average Bonchev–Trinajstić information content (AvgIpc) is 3.17. The average molecular weight is 404 g/mol. The molecule has 0 bridgehead atoms. The van der Waals surface area contributed by atoms with Crippen LogP contribution in [0, 0.1) is 10.1 Å². The number of quaternary nitrogens is 1. The maximum absolute atomic E-state index is 11.8. The van der Waals surface area contributed by atoms with E-state index < -0.39 is 4.92 Å². The summed E-state index contributed by atoms with van der Waals surface area (Å²) in [4.78, 5) is 23.3. The molecule has 28 heavy (non-hydrogen) atoms. The van der Waals surface area contributed by atoms with Crippen molar-refractivity contribution in [2.45, 2.75) is 12.8 Å². The van der Waals surface area contributed by atoms with Gasteiger partial charge in [-0.2, -0.15) is 5.10 Å². The Morgan fingerprint density at radius 1 is 1.25 bits per heavy atom. The number of nitro benzene ring substituents is 1. The van der Waals surface area contributed by atoms with Crippen molar-refractivity contribution in [2.24, 2.45) is 5.10 Å². The van der Waals surface area contributed by atoms with Gasteiger partial charge in [0.25, 0.3) is 11.6 Å². The van der Waals surface area contributed by atoms with Crippen LogP contribution in [0.3, 0.4) is 0 Å². The Kier molecular flexibility index (Phi) is 6.57. The summed E-state index contributed by atoms with van der Waals surface area (Å²) in [5, 5.41) is 14.9. The van der Waals surface area contributed by atoms with Crippen molar-refractivity contribution < 1.29 is 19.4 Å². The molecule has 1 aliphatic rings. The van der Waals surface area contributed by atoms with Crippen molar-refractivity contribution in [3.8, 4) is 11.5 Å². The fraction of sp³-hybridized carbons (Fsp3) is 0.263. The highest BCUT2D eigenvalue weighted by Gasteiger charge is 2.18. The monoisotopic (exact) mass is 403 g/mol. The van der Waals surface area contributed by atoms with E-state index in [1.54, 1.807) is 30.5 Å². The number of halogens is 1. The molecular formula is C19H20ClN4O4+. The van der Waals surface area contributed by atoms with Gasteiger partial charge >= 0.3 is 0 Å². The molecule has 0 aliphatic carbocycles. The summed E-state index contributed by atoms with van der Waals surface area (Å²) in [5.41, 5.74) is 3.23. The first-order valence-corrected chi connectivity index (χ1v) is 9.26. The van der Waals surface area contributed by atoms with Gasteiger partial charge in [0.05, 0.1) is 29.3 Å². The lowest BCUT2D eigenvalue weighted by atomic mass is 10.2. The van der Waals surface area contributed by atoms with Gasteiger partial charge in [0, 0.05) is 25.0 Å². The molecule has 3 rings (SSSR count). The van der Waals surface area contributed by atoms with E-state index in [1.807, 2.05) is 0 Å². The van der Waals surface area contributed by atoms with Crippen LogP contribution in [-0.4, -0.2) is 36.7 Å². The largest absolute Gasteiger partial charge is 0.456 e. The number of hydrogen-bond donors (Lipinski definition) is 2. The second-order valence-electron chi connectivity index (χ2n) is 6.47. The van der Waals surface area contributed by atoms with E-state index in [0.717, 1.165) is 18.7 Å². The number of benzene rings is 2. The van der Waals surface area contributed by atoms with Crippen molar-refractivity contribution >= 4 is 29.4 Å². The van der Waals surface area contributed by atoms with Crippen molar-refractivity contribution in [3.05, 3.63) is 63.2 Å². The number of ether oxygens (including phenoxy) is 1. The van der Waals surface area contributed by atoms with Crippen LogP contribution in [0.4, 0.5) is 5.69 Å². The number of nitro groups is 1. The van der Waals surface area contributed by atoms with Crippen molar-refractivity contribution in [3.63, 3.8) is 0 Å². The SMILES string of the molecule is O=C(C[NH+]1CCCC1)N/N=C\c1ccc(Oc2ccc([N+](=O)[O-])cc2Cl)cc1. The third-order valence-corrected chi connectivity index (χ3v) is 4.65. The lowest BCUT2D eigenvalue weighted by molar-refractivity contribution is -0.879. The van der Waals surface area contributed by atoms with E-state index in [-0.39, 0.29) is 16.6 Å². The van der Waals surface area contributed by atoms with Gasteiger partial charge in [0.1, 0.15) is 11.5 Å². The number of hydrazone groups is 1. The maximum Gasteiger partial charge on any atom is 0.295 e. The number of non-ortho nitro benzene ring substituents is 1. The van der Waals surface area contributed by atoms with Crippen molar-refractivity contribution in [1.29, 1.82) is 0 Å². The summed E-state index contributed by atoms with van der Waals surface area (Å²) in [6.45, 7) is 2.52. The highest BCUT2D eigenvalue weighted by atomic mass is 35.5. The molecule has 1 amide bonds. The Morgan fingerprint density at radius 2 is 1.96 bits per heavy atom. The zero-order valence-electron chi connectivity index (χ0n) is 15.1. The minimum absolute atomic E-state index is 0.0964. The van der Waals surface area contributed by atoms with Gasteiger partial charge in [-0.25, -0.2) is 5.43 Å².